The molecule has 12 heavy (non-hydrogen) atoms. The third-order valence-corrected chi connectivity index (χ3v) is 1.77. The van der Waals surface area contributed by atoms with Gasteiger partial charge in [-0.05, 0) is 12.2 Å². The van der Waals surface area contributed by atoms with E-state index in [0.717, 1.165) is 11.9 Å². The Bertz CT molecular complexity index is 248. The monoisotopic (exact) mass is 205 g/mol. The van der Waals surface area contributed by atoms with Gasteiger partial charge in [-0.25, -0.2) is 9.19 Å². The minimum atomic E-state index is -0.348. The summed E-state index contributed by atoms with van der Waals surface area (Å²) in [5, 5.41) is 0. The topological polar surface area (TPSA) is 38.7 Å². The zero-order valence-electron chi connectivity index (χ0n) is 6.39. The van der Waals surface area contributed by atoms with E-state index in [1.54, 1.807) is 24.4 Å². The Labute approximate surface area is 81.1 Å². The Hall–Kier alpha value is -0.740. The summed E-state index contributed by atoms with van der Waals surface area (Å²) in [4.78, 5) is 11.4. The lowest BCUT2D eigenvalue weighted by molar-refractivity contribution is -0.135. The first kappa shape index (κ1) is 11.3. The fraction of sp³-hybridized carbons (Fsp3) is 0.143. The zero-order chi connectivity index (χ0) is 8.10. The summed E-state index contributed by atoms with van der Waals surface area (Å²) in [6.45, 7) is 0. The van der Waals surface area contributed by atoms with E-state index in [-0.39, 0.29) is 18.4 Å². The molecular formula is C7H8ClNO2S. The first-order valence-electron chi connectivity index (χ1n) is 3.00. The minimum Gasteiger partial charge on any atom is -0.465 e. The van der Waals surface area contributed by atoms with Gasteiger partial charge >= 0.3 is 5.97 Å². The van der Waals surface area contributed by atoms with Gasteiger partial charge in [0.1, 0.15) is 4.91 Å². The Morgan fingerprint density at radius 1 is 1.58 bits per heavy atom. The summed E-state index contributed by atoms with van der Waals surface area (Å²) in [5.74, 6) is -0.348. The van der Waals surface area contributed by atoms with Crippen LogP contribution in [0.4, 0.5) is 0 Å². The fourth-order valence-corrected chi connectivity index (χ4v) is 1.09. The molecule has 0 saturated heterocycles. The lowest BCUT2D eigenvalue weighted by Gasteiger charge is -1.97. The van der Waals surface area contributed by atoms with Crippen LogP contribution in [0.25, 0.3) is 0 Å². The van der Waals surface area contributed by atoms with Crippen LogP contribution in [0.1, 0.15) is 0 Å². The first-order chi connectivity index (χ1) is 5.34. The van der Waals surface area contributed by atoms with Gasteiger partial charge in [0, 0.05) is 18.2 Å². The number of allylic oxidation sites excluding steroid dienone is 3. The van der Waals surface area contributed by atoms with Crippen molar-refractivity contribution < 1.29 is 9.53 Å². The van der Waals surface area contributed by atoms with Crippen LogP contribution in [-0.2, 0) is 9.53 Å². The highest BCUT2D eigenvalue weighted by Gasteiger charge is 2.08. The summed E-state index contributed by atoms with van der Waals surface area (Å²) in [6, 6.07) is 0. The van der Waals surface area contributed by atoms with E-state index < -0.39 is 0 Å². The third kappa shape index (κ3) is 3.11. The molecule has 5 heteroatoms. The molecule has 0 aromatic carbocycles. The molecule has 0 radical (unpaired) electrons. The molecule has 0 saturated carbocycles. The quantitative estimate of drug-likeness (QED) is 0.484. The molecule has 0 atom stereocenters. The molecule has 0 bridgehead atoms. The summed E-state index contributed by atoms with van der Waals surface area (Å²) >= 11 is 1.11. The Balaban J connectivity index is 0.00000121. The van der Waals surface area contributed by atoms with Gasteiger partial charge in [-0.3, -0.25) is 0 Å². The number of hydrogen-bond donors (Lipinski definition) is 0. The van der Waals surface area contributed by atoms with E-state index in [9.17, 15) is 4.79 Å². The van der Waals surface area contributed by atoms with Gasteiger partial charge in [0.15, 0.2) is 0 Å². The molecule has 0 fully saturated rings. The van der Waals surface area contributed by atoms with Crippen molar-refractivity contribution in [3.63, 3.8) is 0 Å². The van der Waals surface area contributed by atoms with Crippen molar-refractivity contribution in [2.75, 3.05) is 7.11 Å². The number of ether oxygens (including phenoxy) is 1. The van der Waals surface area contributed by atoms with Gasteiger partial charge in [0.2, 0.25) is 0 Å². The molecular weight excluding hydrogens is 198 g/mol. The lowest BCUT2D eigenvalue weighted by atomic mass is 10.4. The van der Waals surface area contributed by atoms with Gasteiger partial charge in [-0.1, -0.05) is 6.08 Å². The predicted molar refractivity (Wildman–Crippen MR) is 52.6 cm³/mol. The zero-order valence-corrected chi connectivity index (χ0v) is 8.02. The highest BCUT2D eigenvalue weighted by atomic mass is 35.5. The van der Waals surface area contributed by atoms with Gasteiger partial charge in [-0.15, -0.1) is 12.4 Å². The highest BCUT2D eigenvalue weighted by Crippen LogP contribution is 2.19. The number of carbonyl (C=O) groups excluding carboxylic acids is 1. The smallest absolute Gasteiger partial charge is 0.346 e. The van der Waals surface area contributed by atoms with Crippen LogP contribution < -0.4 is 0 Å². The van der Waals surface area contributed by atoms with Crippen LogP contribution in [0.2, 0.25) is 0 Å². The summed E-state index contributed by atoms with van der Waals surface area (Å²) < 4.78 is 8.37. The molecule has 3 nitrogen and oxygen atoms in total. The predicted octanol–water partition coefficient (Wildman–Crippen LogP) is 1.75. The number of hydrogen-bond acceptors (Lipinski definition) is 4. The molecule has 1 rings (SSSR count). The molecule has 0 spiro atoms. The normalized spacial score (nSPS) is 14.2. The van der Waals surface area contributed by atoms with E-state index in [1.165, 1.54) is 7.11 Å². The van der Waals surface area contributed by atoms with Gasteiger partial charge < -0.3 is 4.74 Å². The average Bonchev–Trinajstić information content (AvgIpc) is 2.30. The summed E-state index contributed by atoms with van der Waals surface area (Å²) in [5.41, 5.74) is 0. The van der Waals surface area contributed by atoms with Gasteiger partial charge in [0.25, 0.3) is 0 Å². The summed E-state index contributed by atoms with van der Waals surface area (Å²) in [7, 11) is 1.35. The van der Waals surface area contributed by atoms with Gasteiger partial charge in [0.05, 0.1) is 7.11 Å². The molecule has 0 amide bonds. The molecule has 0 aliphatic carbocycles. The number of methoxy groups -OCH3 is 1. The van der Waals surface area contributed by atoms with Crippen molar-refractivity contribution in [1.82, 2.24) is 0 Å². The van der Waals surface area contributed by atoms with Crippen LogP contribution in [0.5, 0.6) is 0 Å². The Morgan fingerprint density at radius 2 is 2.33 bits per heavy atom. The number of carbonyl (C=O) groups is 1. The van der Waals surface area contributed by atoms with E-state index in [1.807, 2.05) is 0 Å². The van der Waals surface area contributed by atoms with Crippen LogP contribution in [0.3, 0.4) is 0 Å². The Kier molecular flexibility index (Phi) is 5.49. The molecule has 1 aliphatic heterocycles. The maximum Gasteiger partial charge on any atom is 0.346 e. The van der Waals surface area contributed by atoms with Crippen LogP contribution in [-0.4, -0.2) is 19.3 Å². The molecule has 1 aliphatic rings. The van der Waals surface area contributed by atoms with Gasteiger partial charge in [-0.2, -0.15) is 0 Å². The lowest BCUT2D eigenvalue weighted by Crippen LogP contribution is -2.00. The van der Waals surface area contributed by atoms with E-state index in [4.69, 9.17) is 0 Å². The number of halogens is 1. The van der Waals surface area contributed by atoms with E-state index in [2.05, 4.69) is 9.13 Å². The van der Waals surface area contributed by atoms with Crippen LogP contribution >= 0.6 is 24.4 Å². The standard InChI is InChI=1S/C7H7NO2S.ClH/c1-10-7(9)6-4-2-3-5-8-11-6;/h2-5H,1H3;1H. The van der Waals surface area contributed by atoms with Crippen LogP contribution in [0.15, 0.2) is 27.5 Å². The van der Waals surface area contributed by atoms with Crippen molar-refractivity contribution in [1.29, 1.82) is 0 Å². The number of nitrogens with zero attached hydrogens (tertiary/aromatic N) is 1. The fourth-order valence-electron chi connectivity index (χ4n) is 0.551. The minimum absolute atomic E-state index is 0. The molecule has 0 N–H and O–H groups in total. The number of rotatable bonds is 1. The maximum absolute atomic E-state index is 10.9. The molecule has 0 aromatic heterocycles. The van der Waals surface area contributed by atoms with Crippen molar-refractivity contribution in [2.45, 2.75) is 0 Å². The second-order valence-electron chi connectivity index (χ2n) is 1.75. The van der Waals surface area contributed by atoms with Crippen LogP contribution in [0, 0.1) is 0 Å². The highest BCUT2D eigenvalue weighted by molar-refractivity contribution is 8.02. The maximum atomic E-state index is 10.9. The molecule has 1 heterocycles. The van der Waals surface area contributed by atoms with E-state index >= 15 is 0 Å². The second-order valence-corrected chi connectivity index (χ2v) is 2.59. The second kappa shape index (κ2) is 5.85. The van der Waals surface area contributed by atoms with Crippen molar-refractivity contribution in [2.24, 2.45) is 4.40 Å². The third-order valence-electron chi connectivity index (χ3n) is 1.04. The van der Waals surface area contributed by atoms with Crippen molar-refractivity contribution in [3.8, 4) is 0 Å². The molecule has 0 unspecified atom stereocenters. The Morgan fingerprint density at radius 3 is 3.00 bits per heavy atom. The first-order valence-corrected chi connectivity index (χ1v) is 3.77. The van der Waals surface area contributed by atoms with Crippen molar-refractivity contribution in [3.05, 3.63) is 23.1 Å². The van der Waals surface area contributed by atoms with E-state index in [0.29, 0.717) is 4.91 Å². The van der Waals surface area contributed by atoms with Crippen molar-refractivity contribution >= 4 is 36.5 Å². The summed E-state index contributed by atoms with van der Waals surface area (Å²) in [6.07, 6.45) is 6.79. The number of esters is 1. The SMILES string of the molecule is COC(=O)C1=CC=CC=NS1.Cl. The largest absolute Gasteiger partial charge is 0.465 e. The molecule has 0 aromatic rings. The average molecular weight is 206 g/mol. The molecule has 66 valence electrons.